The summed E-state index contributed by atoms with van der Waals surface area (Å²) in [7, 11) is 1.66. The van der Waals surface area contributed by atoms with Gasteiger partial charge in [-0.25, -0.2) is 19.3 Å². The number of hydrogen-bond acceptors (Lipinski definition) is 8. The Kier molecular flexibility index (Phi) is 5.59. The third-order valence-electron chi connectivity index (χ3n) is 6.94. The van der Waals surface area contributed by atoms with Crippen LogP contribution >= 0.6 is 0 Å². The molecule has 0 radical (unpaired) electrons. The standard InChI is InChI=1S/C26H29N7O3/c1-16(2)32-24(34)20-13-28-25(29-19-8-7-17-9-10-27-12-18(17)11-19)31-23(20)33(32)22-6-4-5-21(30-22)26(35-3)14-36-15-26/h4-8,11,13,16,27H,9-10,12,14-15H2,1-3H3,(H,28,29,31). The lowest BCUT2D eigenvalue weighted by Gasteiger charge is -2.39. The summed E-state index contributed by atoms with van der Waals surface area (Å²) in [6, 6.07) is 11.9. The van der Waals surface area contributed by atoms with Gasteiger partial charge in [0, 0.05) is 31.6 Å². The normalized spacial score (nSPS) is 16.7. The van der Waals surface area contributed by atoms with Gasteiger partial charge in [0.05, 0.1) is 18.9 Å². The van der Waals surface area contributed by atoms with Crippen LogP contribution < -0.4 is 16.2 Å². The van der Waals surface area contributed by atoms with Gasteiger partial charge in [0.25, 0.3) is 5.56 Å². The van der Waals surface area contributed by atoms with Crippen molar-refractivity contribution in [2.45, 2.75) is 38.5 Å². The molecule has 10 heteroatoms. The van der Waals surface area contributed by atoms with Gasteiger partial charge in [-0.15, -0.1) is 0 Å². The summed E-state index contributed by atoms with van der Waals surface area (Å²) in [6.07, 6.45) is 2.61. The molecule has 186 valence electrons. The number of nitrogens with zero attached hydrogens (tertiary/aromatic N) is 5. The highest BCUT2D eigenvalue weighted by molar-refractivity contribution is 5.77. The van der Waals surface area contributed by atoms with E-state index in [9.17, 15) is 4.79 Å². The molecular weight excluding hydrogens is 458 g/mol. The number of anilines is 2. The number of pyridine rings is 1. The first-order valence-electron chi connectivity index (χ1n) is 12.2. The van der Waals surface area contributed by atoms with Gasteiger partial charge in [0.2, 0.25) is 5.95 Å². The van der Waals surface area contributed by atoms with Crippen molar-refractivity contribution in [1.29, 1.82) is 0 Å². The lowest BCUT2D eigenvalue weighted by molar-refractivity contribution is -0.204. The predicted molar refractivity (Wildman–Crippen MR) is 136 cm³/mol. The van der Waals surface area contributed by atoms with Gasteiger partial charge in [-0.3, -0.25) is 4.79 Å². The fourth-order valence-electron chi connectivity index (χ4n) is 4.89. The van der Waals surface area contributed by atoms with Gasteiger partial charge in [-0.05, 0) is 62.2 Å². The number of methoxy groups -OCH3 is 1. The monoisotopic (exact) mass is 487 g/mol. The van der Waals surface area contributed by atoms with Crippen molar-refractivity contribution in [3.8, 4) is 5.82 Å². The van der Waals surface area contributed by atoms with Crippen LogP contribution in [0.1, 0.15) is 36.7 Å². The fraction of sp³-hybridized carbons (Fsp3) is 0.385. The van der Waals surface area contributed by atoms with Crippen LogP contribution in [-0.2, 0) is 28.0 Å². The molecule has 0 atom stereocenters. The molecule has 1 saturated heterocycles. The summed E-state index contributed by atoms with van der Waals surface area (Å²) in [6.45, 7) is 6.65. The summed E-state index contributed by atoms with van der Waals surface area (Å²) < 4.78 is 14.6. The Balaban J connectivity index is 1.45. The molecule has 1 aromatic carbocycles. The van der Waals surface area contributed by atoms with E-state index in [2.05, 4.69) is 27.8 Å². The Morgan fingerprint density at radius 2 is 2.03 bits per heavy atom. The molecule has 0 saturated carbocycles. The summed E-state index contributed by atoms with van der Waals surface area (Å²) in [4.78, 5) is 27.5. The molecule has 5 heterocycles. The molecule has 0 bridgehead atoms. The maximum absolute atomic E-state index is 13.4. The van der Waals surface area contributed by atoms with Gasteiger partial charge in [-0.2, -0.15) is 4.98 Å². The molecule has 0 spiro atoms. The SMILES string of the molecule is COC1(c2cccc(-n3c4nc(Nc5ccc6c(c5)CNCC6)ncc4c(=O)n3C(C)C)n2)COC1. The van der Waals surface area contributed by atoms with E-state index in [1.54, 1.807) is 22.7 Å². The van der Waals surface area contributed by atoms with Gasteiger partial charge in [0.1, 0.15) is 5.39 Å². The zero-order valence-electron chi connectivity index (χ0n) is 20.6. The predicted octanol–water partition coefficient (Wildman–Crippen LogP) is 2.82. The van der Waals surface area contributed by atoms with Gasteiger partial charge in [-0.1, -0.05) is 12.1 Å². The molecular formula is C26H29N7O3. The maximum Gasteiger partial charge on any atom is 0.278 e. The van der Waals surface area contributed by atoms with Gasteiger partial charge < -0.3 is 20.1 Å². The molecule has 36 heavy (non-hydrogen) atoms. The molecule has 2 aliphatic heterocycles. The third kappa shape index (κ3) is 3.69. The Labute approximate surface area is 208 Å². The van der Waals surface area contributed by atoms with Gasteiger partial charge >= 0.3 is 0 Å². The van der Waals surface area contributed by atoms with E-state index in [0.29, 0.717) is 36.0 Å². The Morgan fingerprint density at radius 3 is 2.78 bits per heavy atom. The van der Waals surface area contributed by atoms with Crippen LogP contribution in [0.15, 0.2) is 47.4 Å². The van der Waals surface area contributed by atoms with E-state index in [-0.39, 0.29) is 11.6 Å². The third-order valence-corrected chi connectivity index (χ3v) is 6.94. The average molecular weight is 488 g/mol. The van der Waals surface area contributed by atoms with Crippen LogP contribution in [0.5, 0.6) is 0 Å². The van der Waals surface area contributed by atoms with Crippen LogP contribution in [0, 0.1) is 0 Å². The lowest BCUT2D eigenvalue weighted by atomic mass is 9.97. The Morgan fingerprint density at radius 1 is 1.17 bits per heavy atom. The van der Waals surface area contributed by atoms with Crippen molar-refractivity contribution in [2.24, 2.45) is 0 Å². The molecule has 0 amide bonds. The van der Waals surface area contributed by atoms with Crippen molar-refractivity contribution in [2.75, 3.05) is 32.2 Å². The van der Waals surface area contributed by atoms with E-state index in [1.807, 2.05) is 38.1 Å². The number of ether oxygens (including phenoxy) is 2. The summed E-state index contributed by atoms with van der Waals surface area (Å²) in [5.41, 5.74) is 4.04. The van der Waals surface area contributed by atoms with Crippen LogP contribution in [0.4, 0.5) is 11.6 Å². The van der Waals surface area contributed by atoms with E-state index >= 15 is 0 Å². The number of hydrogen-bond donors (Lipinski definition) is 2. The summed E-state index contributed by atoms with van der Waals surface area (Å²) >= 11 is 0. The molecule has 0 aliphatic carbocycles. The minimum atomic E-state index is -0.578. The number of nitrogens with one attached hydrogen (secondary N) is 2. The number of rotatable bonds is 6. The van der Waals surface area contributed by atoms with Gasteiger partial charge in [0.15, 0.2) is 17.1 Å². The molecule has 10 nitrogen and oxygen atoms in total. The molecule has 6 rings (SSSR count). The van der Waals surface area contributed by atoms with Crippen LogP contribution in [0.25, 0.3) is 16.9 Å². The van der Waals surface area contributed by atoms with E-state index in [4.69, 9.17) is 19.4 Å². The van der Waals surface area contributed by atoms with Crippen molar-refractivity contribution in [3.05, 3.63) is 69.8 Å². The van der Waals surface area contributed by atoms with E-state index < -0.39 is 5.60 Å². The zero-order chi connectivity index (χ0) is 24.9. The first-order valence-corrected chi connectivity index (χ1v) is 12.2. The second-order valence-corrected chi connectivity index (χ2v) is 9.59. The Bertz CT molecular complexity index is 1500. The summed E-state index contributed by atoms with van der Waals surface area (Å²) in [5, 5.41) is 7.15. The first kappa shape index (κ1) is 22.8. The quantitative estimate of drug-likeness (QED) is 0.428. The van der Waals surface area contributed by atoms with Crippen LogP contribution in [0.2, 0.25) is 0 Å². The molecule has 1 fully saturated rings. The molecule has 3 aromatic heterocycles. The highest BCUT2D eigenvalue weighted by Crippen LogP contribution is 2.32. The molecule has 2 N–H and O–H groups in total. The topological polar surface area (TPSA) is 108 Å². The maximum atomic E-state index is 13.4. The van der Waals surface area contributed by atoms with Crippen molar-refractivity contribution in [3.63, 3.8) is 0 Å². The average Bonchev–Trinajstić information content (AvgIpc) is 3.16. The fourth-order valence-corrected chi connectivity index (χ4v) is 4.89. The molecule has 2 aliphatic rings. The second-order valence-electron chi connectivity index (χ2n) is 9.59. The highest BCUT2D eigenvalue weighted by Gasteiger charge is 2.42. The molecule has 4 aromatic rings. The number of aromatic nitrogens is 5. The van der Waals surface area contributed by atoms with Crippen molar-refractivity contribution < 1.29 is 9.47 Å². The number of benzene rings is 1. The van der Waals surface area contributed by atoms with E-state index in [1.165, 1.54) is 11.1 Å². The zero-order valence-corrected chi connectivity index (χ0v) is 20.6. The van der Waals surface area contributed by atoms with E-state index in [0.717, 1.165) is 30.9 Å². The molecule has 0 unspecified atom stereocenters. The Hall–Kier alpha value is -3.60. The highest BCUT2D eigenvalue weighted by atomic mass is 16.6. The summed E-state index contributed by atoms with van der Waals surface area (Å²) in [5.74, 6) is 0.999. The van der Waals surface area contributed by atoms with Crippen molar-refractivity contribution in [1.82, 2.24) is 29.6 Å². The minimum absolute atomic E-state index is 0.120. The lowest BCUT2D eigenvalue weighted by Crippen LogP contribution is -2.49. The largest absolute Gasteiger partial charge is 0.374 e. The van der Waals surface area contributed by atoms with Crippen molar-refractivity contribution >= 4 is 22.7 Å². The van der Waals surface area contributed by atoms with Crippen LogP contribution in [0.3, 0.4) is 0 Å². The second kappa shape index (κ2) is 8.81. The minimum Gasteiger partial charge on any atom is -0.374 e. The van der Waals surface area contributed by atoms with Crippen LogP contribution in [-0.4, -0.2) is 51.2 Å². The number of fused-ring (bicyclic) bond motifs is 2. The smallest absolute Gasteiger partial charge is 0.278 e. The first-order chi connectivity index (χ1) is 17.5.